The van der Waals surface area contributed by atoms with E-state index in [9.17, 15) is 22.8 Å². The lowest BCUT2D eigenvalue weighted by atomic mass is 9.84. The Morgan fingerprint density at radius 1 is 1.03 bits per heavy atom. The highest BCUT2D eigenvalue weighted by molar-refractivity contribution is 5.86. The number of carboxylic acids is 1. The minimum Gasteiger partial charge on any atom is -0.476 e. The summed E-state index contributed by atoms with van der Waals surface area (Å²) >= 11 is 0. The molecule has 3 aliphatic heterocycles. The van der Waals surface area contributed by atoms with Crippen molar-refractivity contribution in [1.82, 2.24) is 19.6 Å². The lowest BCUT2D eigenvalue weighted by Gasteiger charge is -2.45. The van der Waals surface area contributed by atoms with Gasteiger partial charge in [0.1, 0.15) is 0 Å². The molecule has 214 valence electrons. The van der Waals surface area contributed by atoms with Crippen LogP contribution in [-0.2, 0) is 17.5 Å². The van der Waals surface area contributed by atoms with E-state index in [0.717, 1.165) is 42.5 Å². The lowest BCUT2D eigenvalue weighted by molar-refractivity contribution is -0.137. The molecule has 1 N–H and O–H groups in total. The first-order valence-corrected chi connectivity index (χ1v) is 13.5. The van der Waals surface area contributed by atoms with E-state index in [1.54, 1.807) is 11.0 Å². The summed E-state index contributed by atoms with van der Waals surface area (Å²) in [6.07, 6.45) is 0.373. The van der Waals surface area contributed by atoms with E-state index in [0.29, 0.717) is 51.6 Å². The SMILES string of the molecule is CC.O=C(O)c1ccn(C(=O)N2CCC3(CCCN3Cc3ccc(C(F)(F)F)cc3N3CCOCC3)CC2)n1. The Morgan fingerprint density at radius 2 is 1.72 bits per heavy atom. The van der Waals surface area contributed by atoms with Crippen molar-refractivity contribution in [3.8, 4) is 0 Å². The summed E-state index contributed by atoms with van der Waals surface area (Å²) in [4.78, 5) is 30.0. The van der Waals surface area contributed by atoms with Crippen LogP contribution in [0.4, 0.5) is 23.7 Å². The molecule has 9 nitrogen and oxygen atoms in total. The molecule has 1 amide bonds. The first-order chi connectivity index (χ1) is 18.7. The number of carboxylic acid groups (broad SMARTS) is 1. The van der Waals surface area contributed by atoms with Crippen LogP contribution in [0, 0.1) is 0 Å². The van der Waals surface area contributed by atoms with Gasteiger partial charge in [0.25, 0.3) is 0 Å². The van der Waals surface area contributed by atoms with Crippen molar-refractivity contribution >= 4 is 17.7 Å². The molecule has 1 spiro atoms. The Hall–Kier alpha value is -3.12. The van der Waals surface area contributed by atoms with Gasteiger partial charge in [0.15, 0.2) is 5.69 Å². The third-order valence-electron chi connectivity index (χ3n) is 7.84. The van der Waals surface area contributed by atoms with Crippen molar-refractivity contribution in [2.75, 3.05) is 50.8 Å². The van der Waals surface area contributed by atoms with Crippen LogP contribution in [0.15, 0.2) is 30.5 Å². The van der Waals surface area contributed by atoms with E-state index < -0.39 is 17.7 Å². The van der Waals surface area contributed by atoms with Gasteiger partial charge in [-0.3, -0.25) is 4.90 Å². The Kier molecular flexibility index (Phi) is 8.85. The fourth-order valence-corrected chi connectivity index (χ4v) is 5.79. The molecule has 1 aromatic carbocycles. The molecule has 0 bridgehead atoms. The maximum atomic E-state index is 13.5. The van der Waals surface area contributed by atoms with E-state index in [4.69, 9.17) is 9.84 Å². The third-order valence-corrected chi connectivity index (χ3v) is 7.84. The van der Waals surface area contributed by atoms with Gasteiger partial charge < -0.3 is 19.6 Å². The number of morpholine rings is 1. The average molecular weight is 552 g/mol. The molecule has 39 heavy (non-hydrogen) atoms. The third kappa shape index (κ3) is 6.22. The highest BCUT2D eigenvalue weighted by Crippen LogP contribution is 2.41. The summed E-state index contributed by atoms with van der Waals surface area (Å²) < 4.78 is 47.0. The summed E-state index contributed by atoms with van der Waals surface area (Å²) in [6, 6.07) is 4.97. The van der Waals surface area contributed by atoms with Gasteiger partial charge in [-0.05, 0) is 56.0 Å². The number of benzene rings is 1. The van der Waals surface area contributed by atoms with E-state index in [1.807, 2.05) is 18.7 Å². The number of hydrogen-bond acceptors (Lipinski definition) is 6. The zero-order chi connectivity index (χ0) is 28.2. The van der Waals surface area contributed by atoms with Gasteiger partial charge in [-0.2, -0.15) is 23.0 Å². The number of aromatic carboxylic acids is 1. The normalized spacial score (nSPS) is 19.6. The van der Waals surface area contributed by atoms with Gasteiger partial charge in [-0.15, -0.1) is 0 Å². The molecule has 1 aromatic heterocycles. The number of carbonyl (C=O) groups is 2. The van der Waals surface area contributed by atoms with Gasteiger partial charge in [-0.1, -0.05) is 19.9 Å². The van der Waals surface area contributed by atoms with Crippen molar-refractivity contribution < 1.29 is 32.6 Å². The number of carbonyl (C=O) groups excluding carboxylic acids is 1. The van der Waals surface area contributed by atoms with E-state index in [1.165, 1.54) is 24.4 Å². The van der Waals surface area contributed by atoms with Crippen molar-refractivity contribution in [3.05, 3.63) is 47.3 Å². The molecule has 5 rings (SSSR count). The molecule has 3 fully saturated rings. The number of alkyl halides is 3. The molecule has 0 aliphatic carbocycles. The monoisotopic (exact) mass is 551 g/mol. The quantitative estimate of drug-likeness (QED) is 0.596. The minimum atomic E-state index is -4.41. The smallest absolute Gasteiger partial charge is 0.416 e. The minimum absolute atomic E-state index is 0.127. The van der Waals surface area contributed by atoms with Gasteiger partial charge in [0.2, 0.25) is 0 Å². The Bertz CT molecular complexity index is 1150. The van der Waals surface area contributed by atoms with Crippen molar-refractivity contribution in [3.63, 3.8) is 0 Å². The molecule has 3 aliphatic rings. The molecule has 3 saturated heterocycles. The number of rotatable bonds is 4. The summed E-state index contributed by atoms with van der Waals surface area (Å²) in [7, 11) is 0. The summed E-state index contributed by atoms with van der Waals surface area (Å²) in [6.45, 7) is 8.45. The molecular formula is C27H36F3N5O4. The fourth-order valence-electron chi connectivity index (χ4n) is 5.79. The molecule has 0 radical (unpaired) electrons. The number of aromatic nitrogens is 2. The lowest BCUT2D eigenvalue weighted by Crippen LogP contribution is -2.53. The predicted molar refractivity (Wildman–Crippen MR) is 139 cm³/mol. The van der Waals surface area contributed by atoms with Gasteiger partial charge in [-0.25, -0.2) is 9.59 Å². The first-order valence-electron chi connectivity index (χ1n) is 13.5. The van der Waals surface area contributed by atoms with Gasteiger partial charge in [0.05, 0.1) is 18.8 Å². The summed E-state index contributed by atoms with van der Waals surface area (Å²) in [5.41, 5.74) is 0.521. The number of piperidine rings is 1. The van der Waals surface area contributed by atoms with E-state index in [2.05, 4.69) is 10.00 Å². The maximum Gasteiger partial charge on any atom is 0.416 e. The van der Waals surface area contributed by atoms with Crippen molar-refractivity contribution in [1.29, 1.82) is 0 Å². The molecule has 0 saturated carbocycles. The van der Waals surface area contributed by atoms with Crippen LogP contribution in [0.2, 0.25) is 0 Å². The second kappa shape index (κ2) is 12.0. The number of ether oxygens (including phenoxy) is 1. The molecule has 2 aromatic rings. The van der Waals surface area contributed by atoms with E-state index >= 15 is 0 Å². The molecule has 4 heterocycles. The Labute approximate surface area is 226 Å². The van der Waals surface area contributed by atoms with Crippen LogP contribution in [0.3, 0.4) is 0 Å². The maximum absolute atomic E-state index is 13.5. The second-order valence-electron chi connectivity index (χ2n) is 9.91. The zero-order valence-corrected chi connectivity index (χ0v) is 22.4. The standard InChI is InChI=1S/C25H30F3N5O4.C2H6/c26-25(27,28)19-3-2-18(21(16-19)30-12-14-37-15-13-30)17-32-8-1-5-24(32)6-10-31(11-7-24)23(36)33-9-4-20(29-33)22(34)35;1-2/h2-4,9,16H,1,5-8,10-15,17H2,(H,34,35);1-2H3. The van der Waals surface area contributed by atoms with Gasteiger partial charge >= 0.3 is 18.2 Å². The number of likely N-dealkylation sites (tertiary alicyclic amines) is 2. The number of hydrogen-bond donors (Lipinski definition) is 1. The Balaban J connectivity index is 0.00000172. The van der Waals surface area contributed by atoms with Crippen LogP contribution in [0.25, 0.3) is 0 Å². The van der Waals surface area contributed by atoms with Crippen LogP contribution >= 0.6 is 0 Å². The van der Waals surface area contributed by atoms with Crippen molar-refractivity contribution in [2.24, 2.45) is 0 Å². The Morgan fingerprint density at radius 3 is 2.33 bits per heavy atom. The number of anilines is 1. The molecule has 0 unspecified atom stereocenters. The van der Waals surface area contributed by atoms with Crippen LogP contribution < -0.4 is 4.90 Å². The second-order valence-corrected chi connectivity index (χ2v) is 9.91. The average Bonchev–Trinajstić information content (AvgIpc) is 3.58. The highest BCUT2D eigenvalue weighted by atomic mass is 19.4. The zero-order valence-electron chi connectivity index (χ0n) is 22.4. The number of amides is 1. The largest absolute Gasteiger partial charge is 0.476 e. The molecule has 12 heteroatoms. The highest BCUT2D eigenvalue weighted by Gasteiger charge is 2.44. The number of halogens is 3. The van der Waals surface area contributed by atoms with E-state index in [-0.39, 0.29) is 17.3 Å². The van der Waals surface area contributed by atoms with Crippen LogP contribution in [0.1, 0.15) is 61.1 Å². The summed E-state index contributed by atoms with van der Waals surface area (Å²) in [5.74, 6) is -1.19. The van der Waals surface area contributed by atoms with Crippen molar-refractivity contribution in [2.45, 2.75) is 57.8 Å². The molecular weight excluding hydrogens is 515 g/mol. The first kappa shape index (κ1) is 28.9. The fraction of sp³-hybridized carbons (Fsp3) is 0.593. The molecule has 0 atom stereocenters. The summed E-state index contributed by atoms with van der Waals surface area (Å²) in [5, 5.41) is 12.9. The van der Waals surface area contributed by atoms with Crippen LogP contribution in [-0.4, -0.2) is 88.2 Å². The topological polar surface area (TPSA) is 91.1 Å². The predicted octanol–water partition coefficient (Wildman–Crippen LogP) is 4.56. The van der Waals surface area contributed by atoms with Crippen LogP contribution in [0.5, 0.6) is 0 Å². The number of nitrogens with zero attached hydrogens (tertiary/aromatic N) is 5. The van der Waals surface area contributed by atoms with Gasteiger partial charge in [0, 0.05) is 50.1 Å².